The average Bonchev–Trinajstić information content (AvgIpc) is 2.15. The minimum atomic E-state index is -0.280. The number of nitrogens with one attached hydrogen (secondary N) is 1. The Morgan fingerprint density at radius 1 is 1.46 bits per heavy atom. The zero-order chi connectivity index (χ0) is 9.42. The first-order chi connectivity index (χ1) is 6.20. The van der Waals surface area contributed by atoms with Gasteiger partial charge in [-0.15, -0.1) is 11.8 Å². The Kier molecular flexibility index (Phi) is 2.03. The zero-order valence-corrected chi connectivity index (χ0v) is 8.11. The first kappa shape index (κ1) is 8.62. The second-order valence-corrected chi connectivity index (χ2v) is 4.13. The Morgan fingerprint density at radius 2 is 2.23 bits per heavy atom. The van der Waals surface area contributed by atoms with Gasteiger partial charge in [-0.2, -0.15) is 0 Å². The van der Waals surface area contributed by atoms with E-state index in [0.717, 1.165) is 23.7 Å². The van der Waals surface area contributed by atoms with Gasteiger partial charge in [0.2, 0.25) is 0 Å². The molecule has 0 aromatic carbocycles. The highest BCUT2D eigenvalue weighted by molar-refractivity contribution is 7.99. The molecule has 1 aromatic rings. The summed E-state index contributed by atoms with van der Waals surface area (Å²) in [5.41, 5.74) is 0.118. The van der Waals surface area contributed by atoms with Crippen LogP contribution in [0, 0.1) is 6.92 Å². The van der Waals surface area contributed by atoms with E-state index in [-0.39, 0.29) is 11.2 Å². The van der Waals surface area contributed by atoms with Gasteiger partial charge in [0.15, 0.2) is 0 Å². The minimum absolute atomic E-state index is 0.259. The van der Waals surface area contributed by atoms with Gasteiger partial charge in [-0.05, 0) is 13.3 Å². The largest absolute Gasteiger partial charge is 0.329 e. The van der Waals surface area contributed by atoms with Crippen molar-refractivity contribution in [3.8, 4) is 0 Å². The van der Waals surface area contributed by atoms with Crippen molar-refractivity contribution in [3.63, 3.8) is 0 Å². The van der Waals surface area contributed by atoms with E-state index in [4.69, 9.17) is 0 Å². The van der Waals surface area contributed by atoms with Gasteiger partial charge >= 0.3 is 5.69 Å². The van der Waals surface area contributed by atoms with E-state index in [1.807, 2.05) is 0 Å². The van der Waals surface area contributed by atoms with E-state index in [1.54, 1.807) is 23.3 Å². The van der Waals surface area contributed by atoms with E-state index >= 15 is 0 Å². The molecule has 4 nitrogen and oxygen atoms in total. The lowest BCUT2D eigenvalue weighted by molar-refractivity contribution is 0.562. The number of hydrogen-bond acceptors (Lipinski definition) is 3. The Balaban J connectivity index is 2.77. The average molecular weight is 198 g/mol. The summed E-state index contributed by atoms with van der Waals surface area (Å²) in [6, 6.07) is 0. The molecule has 2 heterocycles. The summed E-state index contributed by atoms with van der Waals surface area (Å²) in [5.74, 6) is 0.990. The van der Waals surface area contributed by atoms with Crippen LogP contribution in [0.1, 0.15) is 12.0 Å². The molecule has 0 saturated carbocycles. The highest BCUT2D eigenvalue weighted by Gasteiger charge is 2.15. The van der Waals surface area contributed by atoms with E-state index < -0.39 is 0 Å². The van der Waals surface area contributed by atoms with Crippen LogP contribution < -0.4 is 11.2 Å². The van der Waals surface area contributed by atoms with Crippen LogP contribution in [0.4, 0.5) is 0 Å². The molecule has 1 aromatic heterocycles. The lowest BCUT2D eigenvalue weighted by Gasteiger charge is -2.17. The first-order valence-electron chi connectivity index (χ1n) is 4.16. The van der Waals surface area contributed by atoms with Crippen LogP contribution in [0.5, 0.6) is 0 Å². The van der Waals surface area contributed by atoms with Crippen LogP contribution in [0.15, 0.2) is 14.6 Å². The Labute approximate surface area is 79.0 Å². The number of H-pyrrole nitrogens is 1. The summed E-state index contributed by atoms with van der Waals surface area (Å²) >= 11 is 1.59. The number of rotatable bonds is 0. The molecule has 1 aliphatic rings. The van der Waals surface area contributed by atoms with Crippen LogP contribution in [-0.2, 0) is 6.54 Å². The quantitative estimate of drug-likeness (QED) is 0.612. The van der Waals surface area contributed by atoms with E-state index in [2.05, 4.69) is 4.98 Å². The fourth-order valence-corrected chi connectivity index (χ4v) is 2.54. The Hall–Kier alpha value is -0.970. The molecule has 2 rings (SSSR count). The number of nitrogens with zero attached hydrogens (tertiary/aromatic N) is 1. The molecule has 0 aliphatic carbocycles. The second kappa shape index (κ2) is 3.06. The molecule has 0 atom stereocenters. The first-order valence-corrected chi connectivity index (χ1v) is 5.15. The van der Waals surface area contributed by atoms with E-state index in [0.29, 0.717) is 5.56 Å². The van der Waals surface area contributed by atoms with Crippen molar-refractivity contribution in [2.75, 3.05) is 5.75 Å². The maximum absolute atomic E-state index is 11.3. The highest BCUT2D eigenvalue weighted by Crippen LogP contribution is 2.23. The number of hydrogen-bond donors (Lipinski definition) is 1. The predicted molar refractivity (Wildman–Crippen MR) is 51.4 cm³/mol. The number of thioether (sulfide) groups is 1. The molecule has 1 aliphatic heterocycles. The molecule has 0 spiro atoms. The molecule has 70 valence electrons. The minimum Gasteiger partial charge on any atom is -0.288 e. The summed E-state index contributed by atoms with van der Waals surface area (Å²) in [5, 5.41) is 0.833. The van der Waals surface area contributed by atoms with Gasteiger partial charge in [0.25, 0.3) is 5.56 Å². The van der Waals surface area contributed by atoms with Crippen molar-refractivity contribution in [1.82, 2.24) is 9.55 Å². The van der Waals surface area contributed by atoms with Crippen LogP contribution in [-0.4, -0.2) is 15.3 Å². The predicted octanol–water partition coefficient (Wildman–Crippen LogP) is 0.341. The fraction of sp³-hybridized carbons (Fsp3) is 0.500. The molecule has 13 heavy (non-hydrogen) atoms. The molecule has 5 heteroatoms. The molecule has 0 saturated heterocycles. The molecule has 0 fully saturated rings. The summed E-state index contributed by atoms with van der Waals surface area (Å²) in [6.45, 7) is 2.47. The zero-order valence-electron chi connectivity index (χ0n) is 7.29. The van der Waals surface area contributed by atoms with Crippen LogP contribution >= 0.6 is 11.8 Å². The summed E-state index contributed by atoms with van der Waals surface area (Å²) < 4.78 is 1.64. The molecule has 0 unspecified atom stereocenters. The van der Waals surface area contributed by atoms with Gasteiger partial charge in [-0.25, -0.2) is 4.79 Å². The van der Waals surface area contributed by atoms with Crippen molar-refractivity contribution >= 4 is 11.8 Å². The summed E-state index contributed by atoms with van der Waals surface area (Å²) in [7, 11) is 0. The second-order valence-electron chi connectivity index (χ2n) is 3.04. The number of aromatic nitrogens is 2. The van der Waals surface area contributed by atoms with Crippen molar-refractivity contribution in [1.29, 1.82) is 0 Å². The lowest BCUT2D eigenvalue weighted by atomic mass is 10.3. The van der Waals surface area contributed by atoms with Gasteiger partial charge in [0.1, 0.15) is 0 Å². The summed E-state index contributed by atoms with van der Waals surface area (Å²) in [6.07, 6.45) is 0.989. The van der Waals surface area contributed by atoms with E-state index in [1.165, 1.54) is 0 Å². The molecule has 0 amide bonds. The van der Waals surface area contributed by atoms with Crippen LogP contribution in [0.2, 0.25) is 0 Å². The van der Waals surface area contributed by atoms with Crippen LogP contribution in [0.3, 0.4) is 0 Å². The molecular formula is C8H10N2O2S. The van der Waals surface area contributed by atoms with Crippen LogP contribution in [0.25, 0.3) is 0 Å². The molecular weight excluding hydrogens is 188 g/mol. The van der Waals surface area contributed by atoms with Crippen molar-refractivity contribution in [2.45, 2.75) is 24.9 Å². The normalized spacial score (nSPS) is 15.5. The van der Waals surface area contributed by atoms with Crippen molar-refractivity contribution in [3.05, 3.63) is 26.4 Å². The standard InChI is InChI=1S/C8H10N2O2S/c1-5-6(11)9-8(12)10-3-2-4-13-7(5)10/h2-4H2,1H3,(H,9,11,12). The molecule has 0 radical (unpaired) electrons. The Bertz CT molecular complexity index is 446. The third-order valence-corrected chi connectivity index (χ3v) is 3.43. The maximum atomic E-state index is 11.3. The topological polar surface area (TPSA) is 54.9 Å². The SMILES string of the molecule is Cc1c2n(c(=O)[nH]c1=O)CCCS2. The lowest BCUT2D eigenvalue weighted by Crippen LogP contribution is -2.34. The maximum Gasteiger partial charge on any atom is 0.329 e. The van der Waals surface area contributed by atoms with Gasteiger partial charge in [-0.1, -0.05) is 0 Å². The van der Waals surface area contributed by atoms with Gasteiger partial charge < -0.3 is 0 Å². The van der Waals surface area contributed by atoms with Crippen molar-refractivity contribution < 1.29 is 0 Å². The number of aromatic amines is 1. The fourth-order valence-electron chi connectivity index (χ4n) is 1.43. The number of fused-ring (bicyclic) bond motifs is 1. The Morgan fingerprint density at radius 3 is 3.00 bits per heavy atom. The van der Waals surface area contributed by atoms with E-state index in [9.17, 15) is 9.59 Å². The third kappa shape index (κ3) is 1.33. The molecule has 0 bridgehead atoms. The van der Waals surface area contributed by atoms with Gasteiger partial charge in [-0.3, -0.25) is 14.3 Å². The van der Waals surface area contributed by atoms with Gasteiger partial charge in [0.05, 0.1) is 5.03 Å². The smallest absolute Gasteiger partial charge is 0.288 e. The monoisotopic (exact) mass is 198 g/mol. The summed E-state index contributed by atoms with van der Waals surface area (Å²) in [4.78, 5) is 24.9. The third-order valence-electron chi connectivity index (χ3n) is 2.14. The van der Waals surface area contributed by atoms with Crippen molar-refractivity contribution in [2.24, 2.45) is 0 Å². The van der Waals surface area contributed by atoms with Gasteiger partial charge in [0, 0.05) is 17.9 Å². The highest BCUT2D eigenvalue weighted by atomic mass is 32.2. The molecule has 1 N–H and O–H groups in total.